The summed E-state index contributed by atoms with van der Waals surface area (Å²) in [6.07, 6.45) is 0.193. The van der Waals surface area contributed by atoms with Crippen molar-refractivity contribution in [1.29, 1.82) is 0 Å². The Hall–Kier alpha value is -2.53. The molecule has 6 heteroatoms. The molecule has 2 aromatic rings. The number of halogens is 1. The van der Waals surface area contributed by atoms with Crippen LogP contribution in [0.1, 0.15) is 25.0 Å². The molecule has 0 aliphatic rings. The number of carbonyl (C=O) groups is 2. The average molecular weight is 389 g/mol. The Morgan fingerprint density at radius 3 is 2.41 bits per heavy atom. The predicted molar refractivity (Wildman–Crippen MR) is 107 cm³/mol. The molecule has 0 aliphatic heterocycles. The van der Waals surface area contributed by atoms with E-state index in [-0.39, 0.29) is 24.8 Å². The molecule has 1 atom stereocenters. The van der Waals surface area contributed by atoms with Gasteiger partial charge in [0.1, 0.15) is 11.8 Å². The number of nitrogens with one attached hydrogen (secondary N) is 1. The fourth-order valence-corrected chi connectivity index (χ4v) is 2.93. The van der Waals surface area contributed by atoms with E-state index in [4.69, 9.17) is 16.3 Å². The monoisotopic (exact) mass is 388 g/mol. The molecule has 144 valence electrons. The molecular weight excluding hydrogens is 364 g/mol. The van der Waals surface area contributed by atoms with Crippen LogP contribution in [0.4, 0.5) is 0 Å². The molecule has 0 heterocycles. The second kappa shape index (κ2) is 9.97. The maximum Gasteiger partial charge on any atom is 0.242 e. The highest BCUT2D eigenvalue weighted by molar-refractivity contribution is 6.31. The zero-order valence-electron chi connectivity index (χ0n) is 15.9. The zero-order chi connectivity index (χ0) is 19.8. The Morgan fingerprint density at radius 2 is 1.81 bits per heavy atom. The SMILES string of the molecule is CCNC(=O)[C@H](C)N(Cc1ccccc1Cl)C(=O)Cc1ccc(OC)cc1. The van der Waals surface area contributed by atoms with E-state index >= 15 is 0 Å². The first-order chi connectivity index (χ1) is 13.0. The number of ether oxygens (including phenoxy) is 1. The number of hydrogen-bond acceptors (Lipinski definition) is 3. The van der Waals surface area contributed by atoms with Gasteiger partial charge in [0.15, 0.2) is 0 Å². The number of nitrogens with zero attached hydrogens (tertiary/aromatic N) is 1. The van der Waals surface area contributed by atoms with Crippen molar-refractivity contribution in [3.8, 4) is 5.75 Å². The first-order valence-electron chi connectivity index (χ1n) is 8.89. The Kier molecular flexibility index (Phi) is 7.67. The van der Waals surface area contributed by atoms with Crippen LogP contribution in [0.2, 0.25) is 5.02 Å². The normalized spacial score (nSPS) is 11.6. The smallest absolute Gasteiger partial charge is 0.242 e. The maximum atomic E-state index is 13.0. The van der Waals surface area contributed by atoms with Crippen LogP contribution in [-0.2, 0) is 22.6 Å². The quantitative estimate of drug-likeness (QED) is 0.753. The minimum atomic E-state index is -0.605. The minimum Gasteiger partial charge on any atom is -0.497 e. The topological polar surface area (TPSA) is 58.6 Å². The summed E-state index contributed by atoms with van der Waals surface area (Å²) in [5.74, 6) is 0.404. The van der Waals surface area contributed by atoms with Gasteiger partial charge in [0.2, 0.25) is 11.8 Å². The van der Waals surface area contributed by atoms with Crippen molar-refractivity contribution in [3.05, 3.63) is 64.7 Å². The van der Waals surface area contributed by atoms with Crippen molar-refractivity contribution in [2.75, 3.05) is 13.7 Å². The molecule has 2 amide bonds. The van der Waals surface area contributed by atoms with Crippen molar-refractivity contribution in [2.45, 2.75) is 32.9 Å². The van der Waals surface area contributed by atoms with Gasteiger partial charge in [0, 0.05) is 18.1 Å². The van der Waals surface area contributed by atoms with E-state index in [9.17, 15) is 9.59 Å². The van der Waals surface area contributed by atoms with Crippen LogP contribution < -0.4 is 10.1 Å². The fourth-order valence-electron chi connectivity index (χ4n) is 2.73. The highest BCUT2D eigenvalue weighted by Gasteiger charge is 2.26. The largest absolute Gasteiger partial charge is 0.497 e. The van der Waals surface area contributed by atoms with Gasteiger partial charge in [-0.2, -0.15) is 0 Å². The Bertz CT molecular complexity index is 777. The molecule has 2 aromatic carbocycles. The summed E-state index contributed by atoms with van der Waals surface area (Å²) in [5, 5.41) is 3.35. The average Bonchev–Trinajstić information content (AvgIpc) is 2.67. The van der Waals surface area contributed by atoms with Gasteiger partial charge in [-0.15, -0.1) is 0 Å². The Balaban J connectivity index is 2.22. The number of methoxy groups -OCH3 is 1. The lowest BCUT2D eigenvalue weighted by Crippen LogP contribution is -2.48. The second-order valence-electron chi connectivity index (χ2n) is 6.21. The number of carbonyl (C=O) groups excluding carboxylic acids is 2. The van der Waals surface area contributed by atoms with E-state index < -0.39 is 6.04 Å². The lowest BCUT2D eigenvalue weighted by molar-refractivity contribution is -0.140. The van der Waals surface area contributed by atoms with Crippen LogP contribution in [0.3, 0.4) is 0 Å². The van der Waals surface area contributed by atoms with Gasteiger partial charge < -0.3 is 15.0 Å². The number of likely N-dealkylation sites (N-methyl/N-ethyl adjacent to an activating group) is 1. The number of rotatable bonds is 8. The van der Waals surface area contributed by atoms with Gasteiger partial charge >= 0.3 is 0 Å². The second-order valence-corrected chi connectivity index (χ2v) is 6.62. The maximum absolute atomic E-state index is 13.0. The molecule has 0 bridgehead atoms. The minimum absolute atomic E-state index is 0.140. The van der Waals surface area contributed by atoms with Gasteiger partial charge in [-0.3, -0.25) is 9.59 Å². The van der Waals surface area contributed by atoms with Gasteiger partial charge in [-0.1, -0.05) is 41.9 Å². The van der Waals surface area contributed by atoms with Crippen LogP contribution >= 0.6 is 11.6 Å². The lowest BCUT2D eigenvalue weighted by atomic mass is 10.1. The van der Waals surface area contributed by atoms with E-state index in [2.05, 4.69) is 5.32 Å². The Labute approximate surface area is 165 Å². The van der Waals surface area contributed by atoms with E-state index in [1.807, 2.05) is 49.4 Å². The van der Waals surface area contributed by atoms with E-state index in [1.54, 1.807) is 25.0 Å². The van der Waals surface area contributed by atoms with Crippen molar-refractivity contribution in [3.63, 3.8) is 0 Å². The third kappa shape index (κ3) is 5.73. The molecule has 0 aliphatic carbocycles. The molecule has 0 saturated carbocycles. The van der Waals surface area contributed by atoms with Crippen LogP contribution in [-0.4, -0.2) is 36.4 Å². The molecular formula is C21H25ClN2O3. The van der Waals surface area contributed by atoms with E-state index in [0.29, 0.717) is 11.6 Å². The van der Waals surface area contributed by atoms with E-state index in [1.165, 1.54) is 0 Å². The standard InChI is InChI=1S/C21H25ClN2O3/c1-4-23-21(26)15(2)24(14-17-7-5-6-8-19(17)22)20(25)13-16-9-11-18(27-3)12-10-16/h5-12,15H,4,13-14H2,1-3H3,(H,23,26)/t15-/m0/s1. The van der Waals surface area contributed by atoms with E-state index in [0.717, 1.165) is 16.9 Å². The third-order valence-electron chi connectivity index (χ3n) is 4.33. The lowest BCUT2D eigenvalue weighted by Gasteiger charge is -2.29. The zero-order valence-corrected chi connectivity index (χ0v) is 16.6. The fraction of sp³-hybridized carbons (Fsp3) is 0.333. The van der Waals surface area contributed by atoms with Gasteiger partial charge in [-0.25, -0.2) is 0 Å². The number of amides is 2. The van der Waals surface area contributed by atoms with Gasteiger partial charge in [0.05, 0.1) is 13.5 Å². The van der Waals surface area contributed by atoms with Crippen molar-refractivity contribution >= 4 is 23.4 Å². The third-order valence-corrected chi connectivity index (χ3v) is 4.70. The molecule has 0 fully saturated rings. The van der Waals surface area contributed by atoms with Gasteiger partial charge in [-0.05, 0) is 43.2 Å². The van der Waals surface area contributed by atoms with Crippen LogP contribution in [0.25, 0.3) is 0 Å². The molecule has 0 radical (unpaired) electrons. The van der Waals surface area contributed by atoms with Crippen LogP contribution in [0.5, 0.6) is 5.75 Å². The summed E-state index contributed by atoms with van der Waals surface area (Å²) in [7, 11) is 1.60. The highest BCUT2D eigenvalue weighted by Crippen LogP contribution is 2.20. The first kappa shape index (κ1) is 20.8. The number of benzene rings is 2. The molecule has 5 nitrogen and oxygen atoms in total. The summed E-state index contributed by atoms with van der Waals surface area (Å²) in [6, 6.07) is 14.1. The Morgan fingerprint density at radius 1 is 1.15 bits per heavy atom. The molecule has 0 unspecified atom stereocenters. The predicted octanol–water partition coefficient (Wildman–Crippen LogP) is 3.44. The van der Waals surface area contributed by atoms with Gasteiger partial charge in [0.25, 0.3) is 0 Å². The molecule has 1 N–H and O–H groups in total. The highest BCUT2D eigenvalue weighted by atomic mass is 35.5. The summed E-state index contributed by atoms with van der Waals surface area (Å²) in [6.45, 7) is 4.36. The molecule has 27 heavy (non-hydrogen) atoms. The van der Waals surface area contributed by atoms with Crippen LogP contribution in [0, 0.1) is 0 Å². The van der Waals surface area contributed by atoms with Crippen molar-refractivity contribution < 1.29 is 14.3 Å². The van der Waals surface area contributed by atoms with Crippen molar-refractivity contribution in [2.24, 2.45) is 0 Å². The molecule has 0 spiro atoms. The molecule has 0 aromatic heterocycles. The first-order valence-corrected chi connectivity index (χ1v) is 9.27. The summed E-state index contributed by atoms with van der Waals surface area (Å²) >= 11 is 6.26. The van der Waals surface area contributed by atoms with Crippen LogP contribution in [0.15, 0.2) is 48.5 Å². The summed E-state index contributed by atoms with van der Waals surface area (Å²) < 4.78 is 5.15. The molecule has 2 rings (SSSR count). The van der Waals surface area contributed by atoms with Crippen molar-refractivity contribution in [1.82, 2.24) is 10.2 Å². The molecule has 0 saturated heterocycles. The number of hydrogen-bond donors (Lipinski definition) is 1. The summed E-state index contributed by atoms with van der Waals surface area (Å²) in [5.41, 5.74) is 1.66. The summed E-state index contributed by atoms with van der Waals surface area (Å²) in [4.78, 5) is 26.9.